The fourth-order valence-corrected chi connectivity index (χ4v) is 3.68. The molecule has 3 rings (SSSR count). The molecule has 0 fully saturated rings. The van der Waals surface area contributed by atoms with E-state index >= 15 is 0 Å². The highest BCUT2D eigenvalue weighted by atomic mass is 32.2. The topological polar surface area (TPSA) is 133 Å². The number of halogens is 1. The molecule has 3 aromatic rings. The van der Waals surface area contributed by atoms with Crippen LogP contribution in [0, 0.1) is 5.82 Å². The summed E-state index contributed by atoms with van der Waals surface area (Å²) >= 11 is 1.36. The molecular formula is C24H19FN2O6S. The zero-order chi connectivity index (χ0) is 24.7. The molecule has 8 nitrogen and oxygen atoms in total. The van der Waals surface area contributed by atoms with Gasteiger partial charge >= 0.3 is 11.9 Å². The minimum atomic E-state index is -1.31. The van der Waals surface area contributed by atoms with E-state index < -0.39 is 17.8 Å². The van der Waals surface area contributed by atoms with Gasteiger partial charge in [0.25, 0.3) is 5.91 Å². The van der Waals surface area contributed by atoms with Crippen LogP contribution in [0.25, 0.3) is 0 Å². The minimum absolute atomic E-state index is 0.0501. The fraction of sp³-hybridized carbons (Fsp3) is 0.0833. The van der Waals surface area contributed by atoms with E-state index in [0.717, 1.165) is 11.6 Å². The van der Waals surface area contributed by atoms with Crippen molar-refractivity contribution in [2.45, 2.75) is 5.75 Å². The lowest BCUT2D eigenvalue weighted by molar-refractivity contribution is -0.113. The van der Waals surface area contributed by atoms with E-state index in [1.54, 1.807) is 24.3 Å². The molecular weight excluding hydrogens is 463 g/mol. The van der Waals surface area contributed by atoms with Crippen LogP contribution in [0.3, 0.4) is 0 Å². The van der Waals surface area contributed by atoms with Gasteiger partial charge in [0.2, 0.25) is 5.91 Å². The Bertz CT molecular complexity index is 1200. The summed E-state index contributed by atoms with van der Waals surface area (Å²) in [5.74, 6) is -3.07. The van der Waals surface area contributed by atoms with Crippen LogP contribution < -0.4 is 10.6 Å². The van der Waals surface area contributed by atoms with Gasteiger partial charge in [0.15, 0.2) is 0 Å². The van der Waals surface area contributed by atoms with Crippen molar-refractivity contribution in [1.29, 1.82) is 0 Å². The molecule has 10 heteroatoms. The Balaban J connectivity index is 1.54. The third kappa shape index (κ3) is 6.91. The lowest BCUT2D eigenvalue weighted by Gasteiger charge is -2.09. The number of benzene rings is 3. The van der Waals surface area contributed by atoms with Crippen LogP contribution in [-0.4, -0.2) is 39.7 Å². The van der Waals surface area contributed by atoms with Crippen molar-refractivity contribution >= 4 is 46.9 Å². The minimum Gasteiger partial charge on any atom is -0.478 e. The first-order valence-electron chi connectivity index (χ1n) is 9.86. The molecule has 4 N–H and O–H groups in total. The third-order valence-electron chi connectivity index (χ3n) is 4.53. The Kier molecular flexibility index (Phi) is 7.99. The van der Waals surface area contributed by atoms with Gasteiger partial charge < -0.3 is 20.8 Å². The quantitative estimate of drug-likeness (QED) is 0.356. The smallest absolute Gasteiger partial charge is 0.335 e. The molecule has 0 spiro atoms. The molecule has 0 aliphatic rings. The van der Waals surface area contributed by atoms with Gasteiger partial charge in [0, 0.05) is 22.7 Å². The second-order valence-electron chi connectivity index (χ2n) is 7.11. The van der Waals surface area contributed by atoms with Crippen LogP contribution in [0.15, 0.2) is 66.7 Å². The molecule has 0 radical (unpaired) electrons. The van der Waals surface area contributed by atoms with E-state index in [1.807, 2.05) is 0 Å². The molecule has 0 atom stereocenters. The predicted octanol–water partition coefficient (Wildman–Crippen LogP) is 4.35. The highest BCUT2D eigenvalue weighted by molar-refractivity contribution is 7.99. The van der Waals surface area contributed by atoms with Gasteiger partial charge in [-0.1, -0.05) is 12.1 Å². The molecule has 0 saturated carbocycles. The first-order valence-corrected chi connectivity index (χ1v) is 11.0. The Labute approximate surface area is 197 Å². The van der Waals surface area contributed by atoms with Gasteiger partial charge in [-0.05, 0) is 60.2 Å². The number of hydrogen-bond donors (Lipinski definition) is 4. The van der Waals surface area contributed by atoms with Crippen molar-refractivity contribution in [3.05, 3.63) is 94.8 Å². The van der Waals surface area contributed by atoms with E-state index in [1.165, 1.54) is 48.2 Å². The van der Waals surface area contributed by atoms with Crippen LogP contribution in [0.2, 0.25) is 0 Å². The highest BCUT2D eigenvalue weighted by Gasteiger charge is 2.14. The summed E-state index contributed by atoms with van der Waals surface area (Å²) in [4.78, 5) is 46.9. The standard InChI is InChI=1S/C24H19FN2O6S/c25-18-5-7-19(8-6-18)26-21(28)13-34-12-14-1-3-15(4-2-14)22(29)27-20-10-16(23(30)31)9-17(11-20)24(32)33/h1-11H,12-13H2,(H,26,28)(H,27,29)(H,30,31)(H,32,33). The maximum Gasteiger partial charge on any atom is 0.335 e. The number of nitrogens with one attached hydrogen (secondary N) is 2. The summed E-state index contributed by atoms with van der Waals surface area (Å²) in [6.45, 7) is 0. The number of amides is 2. The second-order valence-corrected chi connectivity index (χ2v) is 8.09. The van der Waals surface area contributed by atoms with Crippen LogP contribution in [0.5, 0.6) is 0 Å². The van der Waals surface area contributed by atoms with E-state index in [2.05, 4.69) is 10.6 Å². The largest absolute Gasteiger partial charge is 0.478 e. The van der Waals surface area contributed by atoms with Crippen LogP contribution >= 0.6 is 11.8 Å². The molecule has 0 saturated heterocycles. The molecule has 3 aromatic carbocycles. The van der Waals surface area contributed by atoms with E-state index in [0.29, 0.717) is 17.0 Å². The molecule has 0 aromatic heterocycles. The fourth-order valence-electron chi connectivity index (χ4n) is 2.89. The average Bonchev–Trinajstić information content (AvgIpc) is 2.80. The Morgan fingerprint density at radius 1 is 0.735 bits per heavy atom. The first kappa shape index (κ1) is 24.5. The maximum atomic E-state index is 12.9. The molecule has 2 amide bonds. The lowest BCUT2D eigenvalue weighted by Crippen LogP contribution is -2.14. The van der Waals surface area contributed by atoms with E-state index in [-0.39, 0.29) is 34.3 Å². The lowest BCUT2D eigenvalue weighted by atomic mass is 10.1. The second kappa shape index (κ2) is 11.1. The number of carboxylic acids is 2. The molecule has 0 heterocycles. The Morgan fingerprint density at radius 3 is 1.88 bits per heavy atom. The molecule has 0 aliphatic heterocycles. The van der Waals surface area contributed by atoms with Crippen molar-refractivity contribution in [3.8, 4) is 0 Å². The zero-order valence-corrected chi connectivity index (χ0v) is 18.4. The monoisotopic (exact) mass is 482 g/mol. The summed E-state index contributed by atoms with van der Waals surface area (Å²) < 4.78 is 12.9. The molecule has 0 unspecified atom stereocenters. The maximum absolute atomic E-state index is 12.9. The van der Waals surface area contributed by atoms with Gasteiger partial charge in [-0.25, -0.2) is 14.0 Å². The Morgan fingerprint density at radius 2 is 1.32 bits per heavy atom. The van der Waals surface area contributed by atoms with Gasteiger partial charge in [0.1, 0.15) is 5.82 Å². The summed E-state index contributed by atoms with van der Waals surface area (Å²) in [5.41, 5.74) is 1.20. The van der Waals surface area contributed by atoms with Crippen molar-refractivity contribution in [1.82, 2.24) is 0 Å². The van der Waals surface area contributed by atoms with Gasteiger partial charge in [-0.2, -0.15) is 0 Å². The summed E-state index contributed by atoms with van der Waals surface area (Å²) in [7, 11) is 0. The molecule has 174 valence electrons. The number of carbonyl (C=O) groups excluding carboxylic acids is 2. The van der Waals surface area contributed by atoms with Crippen molar-refractivity contribution in [2.24, 2.45) is 0 Å². The van der Waals surface area contributed by atoms with Gasteiger partial charge in [0.05, 0.1) is 16.9 Å². The van der Waals surface area contributed by atoms with Crippen LogP contribution in [0.1, 0.15) is 36.6 Å². The summed E-state index contributed by atoms with van der Waals surface area (Å²) in [5, 5.41) is 23.5. The van der Waals surface area contributed by atoms with E-state index in [4.69, 9.17) is 10.2 Å². The molecule has 34 heavy (non-hydrogen) atoms. The number of aromatic carboxylic acids is 2. The number of thioether (sulfide) groups is 1. The van der Waals surface area contributed by atoms with Crippen LogP contribution in [-0.2, 0) is 10.5 Å². The Hall–Kier alpha value is -4.18. The van der Waals surface area contributed by atoms with Crippen LogP contribution in [0.4, 0.5) is 15.8 Å². The first-order chi connectivity index (χ1) is 16.2. The van der Waals surface area contributed by atoms with Gasteiger partial charge in [-0.15, -0.1) is 11.8 Å². The van der Waals surface area contributed by atoms with E-state index in [9.17, 15) is 23.6 Å². The number of hydrogen-bond acceptors (Lipinski definition) is 5. The number of rotatable bonds is 9. The average molecular weight is 482 g/mol. The number of anilines is 2. The molecule has 0 bridgehead atoms. The SMILES string of the molecule is O=C(CSCc1ccc(C(=O)Nc2cc(C(=O)O)cc(C(=O)O)c2)cc1)Nc1ccc(F)cc1. The highest BCUT2D eigenvalue weighted by Crippen LogP contribution is 2.18. The zero-order valence-electron chi connectivity index (χ0n) is 17.6. The number of carboxylic acid groups (broad SMARTS) is 2. The van der Waals surface area contributed by atoms with Crippen molar-refractivity contribution < 1.29 is 33.8 Å². The van der Waals surface area contributed by atoms with Crippen molar-refractivity contribution in [3.63, 3.8) is 0 Å². The third-order valence-corrected chi connectivity index (χ3v) is 5.53. The predicted molar refractivity (Wildman–Crippen MR) is 126 cm³/mol. The summed E-state index contributed by atoms with van der Waals surface area (Å²) in [6.07, 6.45) is 0. The van der Waals surface area contributed by atoms with Crippen molar-refractivity contribution in [2.75, 3.05) is 16.4 Å². The number of carbonyl (C=O) groups is 4. The van der Waals surface area contributed by atoms with Gasteiger partial charge in [-0.3, -0.25) is 9.59 Å². The molecule has 0 aliphatic carbocycles. The summed E-state index contributed by atoms with van der Waals surface area (Å²) in [6, 6.07) is 15.4. The normalized spacial score (nSPS) is 10.4.